The number of allylic oxidation sites excluding steroid dienone is 3. The van der Waals surface area contributed by atoms with Crippen LogP contribution in [0.5, 0.6) is 0 Å². The molecule has 0 fully saturated rings. The van der Waals surface area contributed by atoms with Crippen LogP contribution in [-0.4, -0.2) is 6.61 Å². The summed E-state index contributed by atoms with van der Waals surface area (Å²) in [5, 5.41) is 0. The fourth-order valence-corrected chi connectivity index (χ4v) is 1.00. The van der Waals surface area contributed by atoms with Crippen LogP contribution in [-0.2, 0) is 4.74 Å². The second-order valence-electron chi connectivity index (χ2n) is 1.66. The topological polar surface area (TPSA) is 9.23 Å². The normalized spacial score (nSPS) is 18.8. The van der Waals surface area contributed by atoms with E-state index < -0.39 is 0 Å². The first kappa shape index (κ1) is 5.89. The molecule has 44 valence electrons. The molecular formula is C6H7BrO. The van der Waals surface area contributed by atoms with E-state index in [0.29, 0.717) is 6.61 Å². The van der Waals surface area contributed by atoms with E-state index in [4.69, 9.17) is 4.74 Å². The molecular weight excluding hydrogens is 168 g/mol. The summed E-state index contributed by atoms with van der Waals surface area (Å²) < 4.78 is 6.22. The Morgan fingerprint density at radius 2 is 2.50 bits per heavy atom. The van der Waals surface area contributed by atoms with Crippen molar-refractivity contribution in [3.63, 3.8) is 0 Å². The molecule has 0 bridgehead atoms. The monoisotopic (exact) mass is 174 g/mol. The predicted octanol–water partition coefficient (Wildman–Crippen LogP) is 2.20. The maximum atomic E-state index is 5.10. The highest BCUT2D eigenvalue weighted by Gasteiger charge is 1.96. The first-order valence-corrected chi connectivity index (χ1v) is 3.25. The van der Waals surface area contributed by atoms with Gasteiger partial charge in [0.1, 0.15) is 6.61 Å². The predicted molar refractivity (Wildman–Crippen MR) is 36.7 cm³/mol. The van der Waals surface area contributed by atoms with Crippen molar-refractivity contribution in [3.05, 3.63) is 22.4 Å². The molecule has 8 heavy (non-hydrogen) atoms. The van der Waals surface area contributed by atoms with Gasteiger partial charge in [-0.1, -0.05) is 15.9 Å². The number of ether oxygens (including phenoxy) is 1. The van der Waals surface area contributed by atoms with Gasteiger partial charge in [0.2, 0.25) is 0 Å². The van der Waals surface area contributed by atoms with E-state index in [1.54, 1.807) is 0 Å². The van der Waals surface area contributed by atoms with Crippen LogP contribution >= 0.6 is 15.9 Å². The van der Waals surface area contributed by atoms with Crippen molar-refractivity contribution in [3.8, 4) is 0 Å². The lowest BCUT2D eigenvalue weighted by Crippen LogP contribution is -1.93. The van der Waals surface area contributed by atoms with E-state index in [2.05, 4.69) is 15.9 Å². The third-order valence-electron chi connectivity index (χ3n) is 0.930. The van der Waals surface area contributed by atoms with Crippen molar-refractivity contribution in [2.75, 3.05) is 6.61 Å². The third kappa shape index (κ3) is 1.37. The van der Waals surface area contributed by atoms with Crippen LogP contribution in [0.4, 0.5) is 0 Å². The maximum Gasteiger partial charge on any atom is 0.107 e. The van der Waals surface area contributed by atoms with Gasteiger partial charge in [-0.2, -0.15) is 0 Å². The fraction of sp³-hybridized carbons (Fsp3) is 0.333. The van der Waals surface area contributed by atoms with Crippen molar-refractivity contribution in [2.24, 2.45) is 0 Å². The molecule has 0 atom stereocenters. The lowest BCUT2D eigenvalue weighted by atomic mass is 10.4. The Morgan fingerprint density at radius 1 is 1.75 bits per heavy atom. The Morgan fingerprint density at radius 3 is 2.88 bits per heavy atom. The van der Waals surface area contributed by atoms with Crippen LogP contribution in [0, 0.1) is 0 Å². The van der Waals surface area contributed by atoms with Gasteiger partial charge >= 0.3 is 0 Å². The fourth-order valence-electron chi connectivity index (χ4n) is 0.547. The summed E-state index contributed by atoms with van der Waals surface area (Å²) in [7, 11) is 0. The van der Waals surface area contributed by atoms with Crippen LogP contribution in [0.2, 0.25) is 0 Å². The molecule has 1 heterocycles. The van der Waals surface area contributed by atoms with E-state index >= 15 is 0 Å². The van der Waals surface area contributed by atoms with Gasteiger partial charge in [0.05, 0.1) is 5.76 Å². The summed E-state index contributed by atoms with van der Waals surface area (Å²) in [6.07, 6.45) is 3.93. The Labute approximate surface area is 57.2 Å². The minimum Gasteiger partial charge on any atom is -0.494 e. The van der Waals surface area contributed by atoms with E-state index in [9.17, 15) is 0 Å². The Hall–Kier alpha value is -0.240. The summed E-state index contributed by atoms with van der Waals surface area (Å²) in [5.41, 5.74) is 0. The van der Waals surface area contributed by atoms with Crippen LogP contribution in [0.1, 0.15) is 6.92 Å². The Kier molecular flexibility index (Phi) is 1.73. The molecule has 0 amide bonds. The highest BCUT2D eigenvalue weighted by Crippen LogP contribution is 2.14. The molecule has 0 saturated carbocycles. The molecule has 1 nitrogen and oxygen atoms in total. The second-order valence-corrected chi connectivity index (χ2v) is 2.57. The highest BCUT2D eigenvalue weighted by atomic mass is 79.9. The minimum atomic E-state index is 0.697. The molecule has 1 rings (SSSR count). The molecule has 0 aromatic rings. The third-order valence-corrected chi connectivity index (χ3v) is 1.48. The molecule has 0 radical (unpaired) electrons. The van der Waals surface area contributed by atoms with Gasteiger partial charge in [-0.25, -0.2) is 0 Å². The van der Waals surface area contributed by atoms with Crippen molar-refractivity contribution in [1.82, 2.24) is 0 Å². The van der Waals surface area contributed by atoms with Crippen molar-refractivity contribution >= 4 is 15.9 Å². The van der Waals surface area contributed by atoms with Gasteiger partial charge in [-0.3, -0.25) is 0 Å². The van der Waals surface area contributed by atoms with E-state index in [1.807, 2.05) is 19.1 Å². The van der Waals surface area contributed by atoms with Crippen LogP contribution in [0.3, 0.4) is 0 Å². The zero-order valence-electron chi connectivity index (χ0n) is 4.65. The van der Waals surface area contributed by atoms with Crippen LogP contribution in [0.15, 0.2) is 22.4 Å². The van der Waals surface area contributed by atoms with Crippen molar-refractivity contribution < 1.29 is 4.74 Å². The van der Waals surface area contributed by atoms with Crippen LogP contribution in [0.25, 0.3) is 0 Å². The number of hydrogen-bond donors (Lipinski definition) is 0. The summed E-state index contributed by atoms with van der Waals surface area (Å²) >= 11 is 3.33. The quantitative estimate of drug-likeness (QED) is 0.548. The molecule has 2 heteroatoms. The molecule has 0 spiro atoms. The van der Waals surface area contributed by atoms with Gasteiger partial charge < -0.3 is 4.74 Å². The highest BCUT2D eigenvalue weighted by molar-refractivity contribution is 9.11. The zero-order chi connectivity index (χ0) is 5.98. The van der Waals surface area contributed by atoms with E-state index in [0.717, 1.165) is 10.2 Å². The first-order chi connectivity index (χ1) is 3.79. The Balaban J connectivity index is 2.69. The second kappa shape index (κ2) is 2.35. The molecule has 1 aliphatic rings. The average molecular weight is 175 g/mol. The number of rotatable bonds is 0. The lowest BCUT2D eigenvalue weighted by molar-refractivity contribution is 0.245. The largest absolute Gasteiger partial charge is 0.494 e. The van der Waals surface area contributed by atoms with E-state index in [-0.39, 0.29) is 0 Å². The average Bonchev–Trinajstić information content (AvgIpc) is 1.64. The maximum absolute atomic E-state index is 5.10. The molecule has 1 aliphatic heterocycles. The minimum absolute atomic E-state index is 0.697. The van der Waals surface area contributed by atoms with Crippen molar-refractivity contribution in [2.45, 2.75) is 6.92 Å². The molecule has 0 unspecified atom stereocenters. The van der Waals surface area contributed by atoms with Gasteiger partial charge in [0.25, 0.3) is 0 Å². The summed E-state index contributed by atoms with van der Waals surface area (Å²) in [6.45, 7) is 2.64. The zero-order valence-corrected chi connectivity index (χ0v) is 6.23. The standard InChI is InChI=1S/C6H7BrO/c1-5-4-6(7)2-3-8-5/h2,4H,3H2,1H3. The number of halogens is 1. The van der Waals surface area contributed by atoms with Crippen molar-refractivity contribution in [1.29, 1.82) is 0 Å². The molecule has 0 aromatic carbocycles. The van der Waals surface area contributed by atoms with Gasteiger partial charge in [-0.05, 0) is 19.1 Å². The number of hydrogen-bond acceptors (Lipinski definition) is 1. The molecule has 0 aliphatic carbocycles. The lowest BCUT2D eigenvalue weighted by Gasteiger charge is -2.07. The summed E-state index contributed by atoms with van der Waals surface area (Å²) in [6, 6.07) is 0. The summed E-state index contributed by atoms with van der Waals surface area (Å²) in [5.74, 6) is 0.972. The smallest absolute Gasteiger partial charge is 0.107 e. The first-order valence-electron chi connectivity index (χ1n) is 2.46. The van der Waals surface area contributed by atoms with Gasteiger partial charge in [-0.15, -0.1) is 0 Å². The van der Waals surface area contributed by atoms with Gasteiger partial charge in [0.15, 0.2) is 0 Å². The molecule has 0 saturated heterocycles. The summed E-state index contributed by atoms with van der Waals surface area (Å²) in [4.78, 5) is 0. The Bertz CT molecular complexity index is 147. The van der Waals surface area contributed by atoms with Crippen LogP contribution < -0.4 is 0 Å². The van der Waals surface area contributed by atoms with Gasteiger partial charge in [0, 0.05) is 4.48 Å². The molecule has 0 aromatic heterocycles. The molecule has 0 N–H and O–H groups in total. The van der Waals surface area contributed by atoms with E-state index in [1.165, 1.54) is 0 Å². The SMILES string of the molecule is CC1=CC(Br)=CCO1.